The third kappa shape index (κ3) is 2.03. The number of hydrogen-bond donors (Lipinski definition) is 0. The first-order valence-corrected chi connectivity index (χ1v) is 8.50. The Morgan fingerprint density at radius 2 is 1.64 bits per heavy atom. The molecule has 0 rings (SSSR count). The molecule has 0 radical (unpaired) electrons. The van der Waals surface area contributed by atoms with Crippen molar-refractivity contribution in [2.24, 2.45) is 0 Å². The zero-order chi connectivity index (χ0) is 9.28. The summed E-state index contributed by atoms with van der Waals surface area (Å²) in [4.78, 5) is 0. The van der Waals surface area contributed by atoms with E-state index < -0.39 is 29.0 Å². The van der Waals surface area contributed by atoms with E-state index >= 15 is 0 Å². The van der Waals surface area contributed by atoms with E-state index in [2.05, 4.69) is 0 Å². The summed E-state index contributed by atoms with van der Waals surface area (Å²) >= 11 is -5.52. The fourth-order valence-corrected chi connectivity index (χ4v) is 1.34. The standard InChI is InChI=1S/C4H6F6Ge/c1-11(2-5,3(6)7)4(8,9)10/h3H,2H2,1H3. The van der Waals surface area contributed by atoms with Gasteiger partial charge in [0.15, 0.2) is 0 Å². The minimum absolute atomic E-state index is 0.338. The third-order valence-electron chi connectivity index (χ3n) is 1.41. The average molecular weight is 241 g/mol. The van der Waals surface area contributed by atoms with E-state index in [0.29, 0.717) is 5.76 Å². The molecule has 0 aromatic rings. The van der Waals surface area contributed by atoms with Crippen LogP contribution in [0.15, 0.2) is 0 Å². The normalized spacial score (nSPS) is 18.5. The summed E-state index contributed by atoms with van der Waals surface area (Å²) in [6.45, 7) is 0. The maximum absolute atomic E-state index is 11.7. The van der Waals surface area contributed by atoms with Gasteiger partial charge >= 0.3 is 61.1 Å². The Balaban J connectivity index is 4.61. The molecule has 0 aliphatic heterocycles. The van der Waals surface area contributed by atoms with E-state index in [1.807, 2.05) is 0 Å². The zero-order valence-corrected chi connectivity index (χ0v) is 7.65. The van der Waals surface area contributed by atoms with E-state index in [1.165, 1.54) is 0 Å². The van der Waals surface area contributed by atoms with E-state index in [4.69, 9.17) is 0 Å². The van der Waals surface area contributed by atoms with Crippen LogP contribution in [0.2, 0.25) is 5.76 Å². The van der Waals surface area contributed by atoms with Crippen molar-refractivity contribution in [2.75, 3.05) is 5.51 Å². The summed E-state index contributed by atoms with van der Waals surface area (Å²) in [6.07, 6.45) is 0. The van der Waals surface area contributed by atoms with Crippen LogP contribution in [0.4, 0.5) is 26.3 Å². The predicted octanol–water partition coefficient (Wildman–Crippen LogP) is 2.48. The molecule has 0 bridgehead atoms. The monoisotopic (exact) mass is 242 g/mol. The summed E-state index contributed by atoms with van der Waals surface area (Å²) in [5.41, 5.74) is -1.92. The molecule has 0 N–H and O–H groups in total. The second-order valence-electron chi connectivity index (χ2n) is 2.35. The molecule has 0 aromatic heterocycles. The molecule has 0 amide bonds. The fourth-order valence-electron chi connectivity index (χ4n) is 0.258. The van der Waals surface area contributed by atoms with E-state index in [1.54, 1.807) is 0 Å². The van der Waals surface area contributed by atoms with Crippen LogP contribution < -0.4 is 0 Å². The van der Waals surface area contributed by atoms with Gasteiger partial charge in [0.2, 0.25) is 0 Å². The average Bonchev–Trinajstić information content (AvgIpc) is 1.83. The van der Waals surface area contributed by atoms with Crippen LogP contribution in [0.3, 0.4) is 0 Å². The van der Waals surface area contributed by atoms with Crippen LogP contribution in [0.25, 0.3) is 0 Å². The van der Waals surface area contributed by atoms with Crippen molar-refractivity contribution in [1.82, 2.24) is 0 Å². The molecule has 1 atom stereocenters. The van der Waals surface area contributed by atoms with Gasteiger partial charge in [0.25, 0.3) is 0 Å². The van der Waals surface area contributed by atoms with E-state index in [-0.39, 0.29) is 0 Å². The Labute approximate surface area is 61.9 Å². The Bertz CT molecular complexity index is 131. The maximum atomic E-state index is 11.7. The molecular weight excluding hydrogens is 235 g/mol. The Hall–Kier alpha value is 0.123. The molecule has 0 spiro atoms. The summed E-state index contributed by atoms with van der Waals surface area (Å²) in [7, 11) is 0. The van der Waals surface area contributed by atoms with Crippen molar-refractivity contribution in [3.05, 3.63) is 0 Å². The molecule has 68 valence electrons. The predicted molar refractivity (Wildman–Crippen MR) is 29.7 cm³/mol. The van der Waals surface area contributed by atoms with Crippen LogP contribution in [0.1, 0.15) is 0 Å². The molecule has 0 heterocycles. The number of rotatable bonds is 2. The second-order valence-corrected chi connectivity index (χ2v) is 11.0. The number of halogens is 6. The number of alkyl halides is 6. The molecule has 7 heteroatoms. The summed E-state index contributed by atoms with van der Waals surface area (Å²) in [5, 5.41) is -8.55. The molecule has 1 unspecified atom stereocenters. The van der Waals surface area contributed by atoms with Gasteiger partial charge in [-0.3, -0.25) is 0 Å². The molecule has 0 aliphatic carbocycles. The Kier molecular flexibility index (Phi) is 3.28. The summed E-state index contributed by atoms with van der Waals surface area (Å²) in [5.74, 6) is 0.338. The zero-order valence-electron chi connectivity index (χ0n) is 5.55. The quantitative estimate of drug-likeness (QED) is 0.514. The van der Waals surface area contributed by atoms with Gasteiger partial charge in [-0.15, -0.1) is 0 Å². The van der Waals surface area contributed by atoms with Crippen LogP contribution in [0.5, 0.6) is 0 Å². The minimum atomic E-state index is -5.52. The molecule has 0 aromatic carbocycles. The fraction of sp³-hybridized carbons (Fsp3) is 1.00. The second kappa shape index (κ2) is 3.24. The molecule has 0 saturated heterocycles. The van der Waals surface area contributed by atoms with Crippen molar-refractivity contribution in [3.63, 3.8) is 0 Å². The van der Waals surface area contributed by atoms with Gasteiger partial charge < -0.3 is 0 Å². The van der Waals surface area contributed by atoms with Crippen LogP contribution >= 0.6 is 0 Å². The van der Waals surface area contributed by atoms with Gasteiger partial charge in [0.1, 0.15) is 0 Å². The molecule has 11 heavy (non-hydrogen) atoms. The van der Waals surface area contributed by atoms with E-state index in [9.17, 15) is 26.3 Å². The first-order valence-electron chi connectivity index (χ1n) is 2.66. The van der Waals surface area contributed by atoms with Crippen LogP contribution in [0, 0.1) is 0 Å². The van der Waals surface area contributed by atoms with Crippen molar-refractivity contribution in [3.8, 4) is 0 Å². The number of hydrogen-bond acceptors (Lipinski definition) is 0. The molecule has 0 nitrogen and oxygen atoms in total. The molecular formula is C4H6F6Ge. The first kappa shape index (κ1) is 11.1. The summed E-state index contributed by atoms with van der Waals surface area (Å²) in [6, 6.07) is 0. The van der Waals surface area contributed by atoms with Gasteiger partial charge in [-0.1, -0.05) is 0 Å². The van der Waals surface area contributed by atoms with Gasteiger partial charge in [-0.25, -0.2) is 0 Å². The molecule has 0 aliphatic rings. The van der Waals surface area contributed by atoms with Crippen molar-refractivity contribution < 1.29 is 26.3 Å². The van der Waals surface area contributed by atoms with Gasteiger partial charge in [0.05, 0.1) is 0 Å². The Morgan fingerprint density at radius 1 is 1.27 bits per heavy atom. The third-order valence-corrected chi connectivity index (χ3v) is 7.31. The van der Waals surface area contributed by atoms with Crippen LogP contribution in [-0.2, 0) is 0 Å². The topological polar surface area (TPSA) is 0 Å². The van der Waals surface area contributed by atoms with Gasteiger partial charge in [-0.05, 0) is 0 Å². The van der Waals surface area contributed by atoms with Crippen molar-refractivity contribution >= 4 is 13.3 Å². The Morgan fingerprint density at radius 3 is 1.64 bits per heavy atom. The van der Waals surface area contributed by atoms with Crippen molar-refractivity contribution in [1.29, 1.82) is 0 Å². The molecule has 0 saturated carbocycles. The molecule has 0 fully saturated rings. The van der Waals surface area contributed by atoms with Crippen LogP contribution in [-0.4, -0.2) is 29.0 Å². The SMILES string of the molecule is [CH3][Ge]([CH2]F)([CH](F)F)[C](F)(F)F. The van der Waals surface area contributed by atoms with E-state index in [0.717, 1.165) is 0 Å². The van der Waals surface area contributed by atoms with Crippen molar-refractivity contribution in [2.45, 2.75) is 16.0 Å². The van der Waals surface area contributed by atoms with Gasteiger partial charge in [0, 0.05) is 0 Å². The first-order chi connectivity index (χ1) is 4.75. The van der Waals surface area contributed by atoms with Gasteiger partial charge in [-0.2, -0.15) is 0 Å². The summed E-state index contributed by atoms with van der Waals surface area (Å²) < 4.78 is 70.2.